The van der Waals surface area contributed by atoms with Crippen LogP contribution in [0, 0.1) is 0 Å². The summed E-state index contributed by atoms with van der Waals surface area (Å²) >= 11 is 0. The van der Waals surface area contributed by atoms with Crippen LogP contribution in [0.1, 0.15) is 77.6 Å². The van der Waals surface area contributed by atoms with Crippen LogP contribution in [0.5, 0.6) is 0 Å². The quantitative estimate of drug-likeness (QED) is 0.288. The number of aliphatic hydroxyl groups excluding tert-OH is 2. The van der Waals surface area contributed by atoms with E-state index in [2.05, 4.69) is 19.1 Å². The van der Waals surface area contributed by atoms with Crippen molar-refractivity contribution < 1.29 is 19.7 Å². The molecule has 0 aliphatic carbocycles. The van der Waals surface area contributed by atoms with Crippen LogP contribution < -0.4 is 0 Å². The van der Waals surface area contributed by atoms with E-state index < -0.39 is 6.10 Å². The lowest BCUT2D eigenvalue weighted by atomic mass is 10.1. The van der Waals surface area contributed by atoms with E-state index in [1.54, 1.807) is 7.11 Å². The molecule has 2 atom stereocenters. The zero-order valence-electron chi connectivity index (χ0n) is 15.9. The molecule has 0 aromatic rings. The summed E-state index contributed by atoms with van der Waals surface area (Å²) in [6, 6.07) is 0. The number of hydrogen-bond donors (Lipinski definition) is 2. The van der Waals surface area contributed by atoms with Crippen LogP contribution in [-0.4, -0.2) is 49.4 Å². The summed E-state index contributed by atoms with van der Waals surface area (Å²) in [5, 5.41) is 17.9. The molecule has 0 heterocycles. The van der Waals surface area contributed by atoms with Crippen molar-refractivity contribution in [2.24, 2.45) is 0 Å². The molecule has 0 rings (SSSR count). The fourth-order valence-electron chi connectivity index (χ4n) is 2.56. The van der Waals surface area contributed by atoms with E-state index in [1.807, 2.05) is 0 Å². The van der Waals surface area contributed by atoms with E-state index in [9.17, 15) is 5.11 Å². The Morgan fingerprint density at radius 2 is 1.50 bits per heavy atom. The lowest BCUT2D eigenvalue weighted by Gasteiger charge is -2.15. The van der Waals surface area contributed by atoms with Crippen LogP contribution in [0.2, 0.25) is 0 Å². The number of ether oxygens (including phenoxy) is 2. The summed E-state index contributed by atoms with van der Waals surface area (Å²) in [6.07, 6.45) is 17.8. The van der Waals surface area contributed by atoms with Crippen LogP contribution in [-0.2, 0) is 9.47 Å². The third-order valence-corrected chi connectivity index (χ3v) is 4.20. The predicted octanol–water partition coefficient (Wildman–Crippen LogP) is 4.24. The highest BCUT2D eigenvalue weighted by Crippen LogP contribution is 2.11. The van der Waals surface area contributed by atoms with Gasteiger partial charge in [-0.2, -0.15) is 0 Å². The first-order valence-electron chi connectivity index (χ1n) is 9.79. The SMILES string of the molecule is CCCCCCCCCCC/C=C\C[C@H](COC[C@@H](O)CO)OC. The first kappa shape index (κ1) is 23.6. The summed E-state index contributed by atoms with van der Waals surface area (Å²) in [5.74, 6) is 0. The fraction of sp³-hybridized carbons (Fsp3) is 0.900. The Hall–Kier alpha value is -0.420. The molecule has 0 spiro atoms. The van der Waals surface area contributed by atoms with Crippen molar-refractivity contribution in [1.29, 1.82) is 0 Å². The van der Waals surface area contributed by atoms with Crippen molar-refractivity contribution >= 4 is 0 Å². The lowest BCUT2D eigenvalue weighted by molar-refractivity contribution is -0.0345. The van der Waals surface area contributed by atoms with E-state index in [4.69, 9.17) is 14.6 Å². The van der Waals surface area contributed by atoms with Crippen LogP contribution in [0.3, 0.4) is 0 Å². The molecule has 0 fully saturated rings. The molecular formula is C20H40O4. The second kappa shape index (κ2) is 18.9. The molecule has 0 amide bonds. The fourth-order valence-corrected chi connectivity index (χ4v) is 2.56. The normalized spacial score (nSPS) is 14.3. The maximum Gasteiger partial charge on any atom is 0.100 e. The van der Waals surface area contributed by atoms with E-state index >= 15 is 0 Å². The van der Waals surface area contributed by atoms with Crippen LogP contribution in [0.15, 0.2) is 12.2 Å². The Bertz CT molecular complexity index is 268. The van der Waals surface area contributed by atoms with Crippen molar-refractivity contribution in [2.75, 3.05) is 26.9 Å². The number of aliphatic hydroxyl groups is 2. The van der Waals surface area contributed by atoms with Crippen LogP contribution in [0.4, 0.5) is 0 Å². The molecule has 144 valence electrons. The predicted molar refractivity (Wildman–Crippen MR) is 100 cm³/mol. The standard InChI is InChI=1S/C20H40O4/c1-3-4-5-6-7-8-9-10-11-12-13-14-15-20(23-2)18-24-17-19(22)16-21/h13-14,19-22H,3-12,15-18H2,1-2H3/b14-13-/t19-,20+/m0/s1. The molecule has 0 aliphatic rings. The van der Waals surface area contributed by atoms with Gasteiger partial charge in [-0.1, -0.05) is 70.4 Å². The van der Waals surface area contributed by atoms with Gasteiger partial charge in [0.15, 0.2) is 0 Å². The first-order valence-corrected chi connectivity index (χ1v) is 9.79. The Labute approximate surface area is 149 Å². The number of methoxy groups -OCH3 is 1. The summed E-state index contributed by atoms with van der Waals surface area (Å²) in [5.41, 5.74) is 0. The lowest BCUT2D eigenvalue weighted by Crippen LogP contribution is -2.24. The van der Waals surface area contributed by atoms with E-state index in [-0.39, 0.29) is 19.3 Å². The molecule has 0 aromatic carbocycles. The van der Waals surface area contributed by atoms with Crippen molar-refractivity contribution in [3.63, 3.8) is 0 Å². The van der Waals surface area contributed by atoms with Crippen molar-refractivity contribution in [3.05, 3.63) is 12.2 Å². The van der Waals surface area contributed by atoms with E-state index in [0.717, 1.165) is 12.8 Å². The second-order valence-electron chi connectivity index (χ2n) is 6.56. The largest absolute Gasteiger partial charge is 0.394 e. The Morgan fingerprint density at radius 3 is 2.08 bits per heavy atom. The van der Waals surface area contributed by atoms with Gasteiger partial charge in [0.25, 0.3) is 0 Å². The molecule has 0 bridgehead atoms. The van der Waals surface area contributed by atoms with Gasteiger partial charge in [0.1, 0.15) is 6.10 Å². The van der Waals surface area contributed by atoms with Crippen LogP contribution >= 0.6 is 0 Å². The minimum absolute atomic E-state index is 0.00950. The summed E-state index contributed by atoms with van der Waals surface area (Å²) < 4.78 is 10.7. The molecule has 4 heteroatoms. The average molecular weight is 345 g/mol. The molecule has 2 N–H and O–H groups in total. The molecule has 0 aliphatic heterocycles. The highest BCUT2D eigenvalue weighted by atomic mass is 16.5. The van der Waals surface area contributed by atoms with Gasteiger partial charge in [0.05, 0.1) is 25.9 Å². The summed E-state index contributed by atoms with van der Waals surface area (Å²) in [4.78, 5) is 0. The van der Waals surface area contributed by atoms with Gasteiger partial charge in [-0.05, 0) is 19.3 Å². The van der Waals surface area contributed by atoms with Gasteiger partial charge in [0, 0.05) is 7.11 Å². The molecule has 0 saturated carbocycles. The van der Waals surface area contributed by atoms with Gasteiger partial charge in [-0.3, -0.25) is 0 Å². The Balaban J connectivity index is 3.42. The average Bonchev–Trinajstić information content (AvgIpc) is 2.60. The number of hydrogen-bond acceptors (Lipinski definition) is 4. The van der Waals surface area contributed by atoms with E-state index in [1.165, 1.54) is 57.8 Å². The zero-order chi connectivity index (χ0) is 17.9. The molecule has 0 unspecified atom stereocenters. The minimum Gasteiger partial charge on any atom is -0.394 e. The highest BCUT2D eigenvalue weighted by molar-refractivity contribution is 4.84. The van der Waals surface area contributed by atoms with Gasteiger partial charge in [0.2, 0.25) is 0 Å². The monoisotopic (exact) mass is 344 g/mol. The van der Waals surface area contributed by atoms with E-state index in [0.29, 0.717) is 6.61 Å². The molecular weight excluding hydrogens is 304 g/mol. The minimum atomic E-state index is -0.801. The molecule has 0 radical (unpaired) electrons. The van der Waals surface area contributed by atoms with Crippen molar-refractivity contribution in [2.45, 2.75) is 89.8 Å². The first-order chi connectivity index (χ1) is 11.7. The van der Waals surface area contributed by atoms with Crippen LogP contribution in [0.25, 0.3) is 0 Å². The molecule has 24 heavy (non-hydrogen) atoms. The Kier molecular flexibility index (Phi) is 18.6. The van der Waals surface area contributed by atoms with Gasteiger partial charge < -0.3 is 19.7 Å². The number of allylic oxidation sites excluding steroid dienone is 1. The van der Waals surface area contributed by atoms with Gasteiger partial charge in [-0.15, -0.1) is 0 Å². The third-order valence-electron chi connectivity index (χ3n) is 4.20. The summed E-state index contributed by atoms with van der Waals surface area (Å²) in [7, 11) is 1.67. The third kappa shape index (κ3) is 16.4. The number of unbranched alkanes of at least 4 members (excludes halogenated alkanes) is 9. The second-order valence-corrected chi connectivity index (χ2v) is 6.56. The highest BCUT2D eigenvalue weighted by Gasteiger charge is 2.07. The smallest absolute Gasteiger partial charge is 0.100 e. The summed E-state index contributed by atoms with van der Waals surface area (Å²) in [6.45, 7) is 2.59. The van der Waals surface area contributed by atoms with Crippen molar-refractivity contribution in [1.82, 2.24) is 0 Å². The number of rotatable bonds is 18. The van der Waals surface area contributed by atoms with Crippen molar-refractivity contribution in [3.8, 4) is 0 Å². The molecule has 4 nitrogen and oxygen atoms in total. The molecule has 0 aromatic heterocycles. The Morgan fingerprint density at radius 1 is 0.875 bits per heavy atom. The molecule has 0 saturated heterocycles. The zero-order valence-corrected chi connectivity index (χ0v) is 15.9. The topological polar surface area (TPSA) is 58.9 Å². The maximum absolute atomic E-state index is 9.20. The van der Waals surface area contributed by atoms with Gasteiger partial charge in [-0.25, -0.2) is 0 Å². The maximum atomic E-state index is 9.20. The van der Waals surface area contributed by atoms with Gasteiger partial charge >= 0.3 is 0 Å².